The van der Waals surface area contributed by atoms with Crippen LogP contribution in [0.3, 0.4) is 0 Å². The number of rotatable bonds is 5. The Hall–Kier alpha value is -2.93. The number of ketones is 1. The van der Waals surface area contributed by atoms with Crippen molar-refractivity contribution in [3.05, 3.63) is 68.7 Å². The largest absolute Gasteiger partial charge is 0.453 e. The third-order valence-corrected chi connectivity index (χ3v) is 4.05. The van der Waals surface area contributed by atoms with Crippen molar-refractivity contribution in [3.63, 3.8) is 0 Å². The molecule has 3 aromatic rings. The van der Waals surface area contributed by atoms with Crippen molar-refractivity contribution in [2.45, 2.75) is 6.92 Å². The molecule has 0 saturated carbocycles. The molecule has 6 nitrogen and oxygen atoms in total. The number of hydrogen-bond acceptors (Lipinski definition) is 5. The van der Waals surface area contributed by atoms with Gasteiger partial charge in [0, 0.05) is 22.7 Å². The molecule has 0 fully saturated rings. The van der Waals surface area contributed by atoms with Crippen molar-refractivity contribution in [2.24, 2.45) is 0 Å². The first-order valence-electron chi connectivity index (χ1n) is 7.26. The fourth-order valence-corrected chi connectivity index (χ4v) is 2.74. The van der Waals surface area contributed by atoms with E-state index in [0.717, 1.165) is 0 Å². The molecule has 2 aromatic carbocycles. The number of nitro groups is 1. The molecule has 1 heterocycles. The van der Waals surface area contributed by atoms with Crippen LogP contribution in [0.5, 0.6) is 0 Å². The molecule has 0 unspecified atom stereocenters. The van der Waals surface area contributed by atoms with Crippen molar-refractivity contribution in [3.8, 4) is 0 Å². The molecule has 1 aromatic heterocycles. The second-order valence-corrected chi connectivity index (χ2v) is 5.80. The summed E-state index contributed by atoms with van der Waals surface area (Å²) in [4.78, 5) is 22.5. The molecule has 25 heavy (non-hydrogen) atoms. The van der Waals surface area contributed by atoms with Crippen molar-refractivity contribution in [1.29, 1.82) is 0 Å². The average Bonchev–Trinajstić information content (AvgIpc) is 2.89. The Morgan fingerprint density at radius 3 is 2.76 bits per heavy atom. The van der Waals surface area contributed by atoms with Gasteiger partial charge in [-0.25, -0.2) is 4.39 Å². The molecular weight excluding hydrogens is 351 g/mol. The van der Waals surface area contributed by atoms with Crippen molar-refractivity contribution < 1.29 is 18.5 Å². The Balaban J connectivity index is 1.78. The summed E-state index contributed by atoms with van der Waals surface area (Å²) in [6.07, 6.45) is 0. The first-order chi connectivity index (χ1) is 11.9. The van der Waals surface area contributed by atoms with E-state index >= 15 is 0 Å². The van der Waals surface area contributed by atoms with Crippen LogP contribution < -0.4 is 5.32 Å². The van der Waals surface area contributed by atoms with E-state index in [9.17, 15) is 19.3 Å². The molecule has 0 spiro atoms. The zero-order valence-electron chi connectivity index (χ0n) is 13.0. The molecule has 0 radical (unpaired) electrons. The molecule has 0 bridgehead atoms. The van der Waals surface area contributed by atoms with Crippen LogP contribution in [-0.4, -0.2) is 17.3 Å². The summed E-state index contributed by atoms with van der Waals surface area (Å²) in [5.74, 6) is -0.598. The normalized spacial score (nSPS) is 10.8. The standard InChI is InChI=1S/C17H12ClFN2O4/c1-9-12-6-10(19)2-5-16(12)25-17(9)15(22)8-20-11-3-4-14(21(23)24)13(18)7-11/h2-7,20H,8H2,1H3. The van der Waals surface area contributed by atoms with Gasteiger partial charge in [0.2, 0.25) is 5.78 Å². The zero-order chi connectivity index (χ0) is 18.1. The number of fused-ring (bicyclic) bond motifs is 1. The maximum Gasteiger partial charge on any atom is 0.288 e. The smallest absolute Gasteiger partial charge is 0.288 e. The molecule has 0 aliphatic heterocycles. The highest BCUT2D eigenvalue weighted by molar-refractivity contribution is 6.32. The summed E-state index contributed by atoms with van der Waals surface area (Å²) >= 11 is 5.83. The maximum atomic E-state index is 13.3. The van der Waals surface area contributed by atoms with E-state index in [0.29, 0.717) is 22.2 Å². The van der Waals surface area contributed by atoms with Gasteiger partial charge in [-0.2, -0.15) is 0 Å². The number of carbonyl (C=O) groups is 1. The number of anilines is 1. The predicted octanol–water partition coefficient (Wildman–Crippen LogP) is 4.74. The van der Waals surface area contributed by atoms with Crippen molar-refractivity contribution in [2.75, 3.05) is 11.9 Å². The zero-order valence-corrected chi connectivity index (χ0v) is 13.8. The highest BCUT2D eigenvalue weighted by Crippen LogP contribution is 2.28. The van der Waals surface area contributed by atoms with Crippen LogP contribution in [0.1, 0.15) is 16.1 Å². The molecule has 0 saturated heterocycles. The van der Waals surface area contributed by atoms with E-state index in [1.165, 1.54) is 36.4 Å². The number of nitrogens with one attached hydrogen (secondary N) is 1. The monoisotopic (exact) mass is 362 g/mol. The van der Waals surface area contributed by atoms with Gasteiger partial charge in [0.1, 0.15) is 16.4 Å². The molecule has 0 amide bonds. The van der Waals surface area contributed by atoms with Gasteiger partial charge >= 0.3 is 0 Å². The first kappa shape index (κ1) is 16.9. The van der Waals surface area contributed by atoms with Crippen LogP contribution in [-0.2, 0) is 0 Å². The first-order valence-corrected chi connectivity index (χ1v) is 7.64. The van der Waals surface area contributed by atoms with Crippen LogP contribution in [0.15, 0.2) is 40.8 Å². The SMILES string of the molecule is Cc1c(C(=O)CNc2ccc([N+](=O)[O-])c(Cl)c2)oc2ccc(F)cc12. The third-order valence-electron chi connectivity index (χ3n) is 3.75. The van der Waals surface area contributed by atoms with Crippen molar-refractivity contribution >= 4 is 39.7 Å². The lowest BCUT2D eigenvalue weighted by molar-refractivity contribution is -0.384. The van der Waals surface area contributed by atoms with E-state index in [2.05, 4.69) is 5.32 Å². The minimum atomic E-state index is -0.589. The van der Waals surface area contributed by atoms with Crippen LogP contribution >= 0.6 is 11.6 Å². The van der Waals surface area contributed by atoms with Gasteiger partial charge in [-0.15, -0.1) is 0 Å². The Kier molecular flexibility index (Phi) is 4.41. The van der Waals surface area contributed by atoms with Gasteiger partial charge in [-0.05, 0) is 37.3 Å². The quantitative estimate of drug-likeness (QED) is 0.402. The molecule has 1 N–H and O–H groups in total. The summed E-state index contributed by atoms with van der Waals surface area (Å²) < 4.78 is 18.8. The molecule has 3 rings (SSSR count). The summed E-state index contributed by atoms with van der Waals surface area (Å²) in [6, 6.07) is 8.12. The minimum absolute atomic E-state index is 0.0298. The molecule has 0 aliphatic carbocycles. The Morgan fingerprint density at radius 2 is 2.08 bits per heavy atom. The summed E-state index contributed by atoms with van der Waals surface area (Å²) in [5.41, 5.74) is 1.24. The van der Waals surface area contributed by atoms with E-state index in [-0.39, 0.29) is 28.8 Å². The van der Waals surface area contributed by atoms with Crippen LogP contribution in [0.25, 0.3) is 11.0 Å². The fraction of sp³-hybridized carbons (Fsp3) is 0.118. The van der Waals surface area contributed by atoms with Gasteiger partial charge in [-0.3, -0.25) is 14.9 Å². The van der Waals surface area contributed by atoms with Gasteiger partial charge < -0.3 is 9.73 Å². The number of benzene rings is 2. The fourth-order valence-electron chi connectivity index (χ4n) is 2.49. The lowest BCUT2D eigenvalue weighted by atomic mass is 10.1. The number of nitro benzene ring substituents is 1. The van der Waals surface area contributed by atoms with E-state index < -0.39 is 10.7 Å². The van der Waals surface area contributed by atoms with Gasteiger partial charge in [-0.1, -0.05) is 11.6 Å². The minimum Gasteiger partial charge on any atom is -0.453 e. The molecule has 0 aliphatic rings. The van der Waals surface area contributed by atoms with E-state index in [1.807, 2.05) is 0 Å². The van der Waals surface area contributed by atoms with Gasteiger partial charge in [0.05, 0.1) is 11.5 Å². The highest BCUT2D eigenvalue weighted by atomic mass is 35.5. The number of halogens is 2. The third kappa shape index (κ3) is 3.32. The lowest BCUT2D eigenvalue weighted by Crippen LogP contribution is -2.14. The number of Topliss-reactive ketones (excluding diaryl/α,β-unsaturated/α-hetero) is 1. The highest BCUT2D eigenvalue weighted by Gasteiger charge is 2.18. The molecule has 128 valence electrons. The average molecular weight is 363 g/mol. The number of nitrogens with zero attached hydrogens (tertiary/aromatic N) is 1. The predicted molar refractivity (Wildman–Crippen MR) is 91.8 cm³/mol. The Labute approximate surface area is 146 Å². The van der Waals surface area contributed by atoms with Crippen LogP contribution in [0, 0.1) is 22.9 Å². The second kappa shape index (κ2) is 6.52. The van der Waals surface area contributed by atoms with Gasteiger partial charge in [0.15, 0.2) is 5.76 Å². The lowest BCUT2D eigenvalue weighted by Gasteiger charge is -2.05. The van der Waals surface area contributed by atoms with Crippen LogP contribution in [0.4, 0.5) is 15.8 Å². The summed E-state index contributed by atoms with van der Waals surface area (Å²) in [6.45, 7) is 1.58. The number of carbonyl (C=O) groups excluding carboxylic acids is 1. The Morgan fingerprint density at radius 1 is 1.32 bits per heavy atom. The second-order valence-electron chi connectivity index (χ2n) is 5.40. The van der Waals surface area contributed by atoms with E-state index in [1.54, 1.807) is 6.92 Å². The van der Waals surface area contributed by atoms with Crippen molar-refractivity contribution in [1.82, 2.24) is 0 Å². The summed E-state index contributed by atoms with van der Waals surface area (Å²) in [5, 5.41) is 14.1. The molecular formula is C17H12ClFN2O4. The summed E-state index contributed by atoms with van der Waals surface area (Å²) in [7, 11) is 0. The van der Waals surface area contributed by atoms with Gasteiger partial charge in [0.25, 0.3) is 5.69 Å². The van der Waals surface area contributed by atoms with Crippen LogP contribution in [0.2, 0.25) is 5.02 Å². The number of hydrogen-bond donors (Lipinski definition) is 1. The number of aryl methyl sites for hydroxylation is 1. The molecule has 0 atom stereocenters. The number of furan rings is 1. The maximum absolute atomic E-state index is 13.3. The topological polar surface area (TPSA) is 85.4 Å². The van der Waals surface area contributed by atoms with E-state index in [4.69, 9.17) is 16.0 Å². The molecule has 8 heteroatoms. The Bertz CT molecular complexity index is 1000.